The van der Waals surface area contributed by atoms with E-state index >= 15 is 0 Å². The van der Waals surface area contributed by atoms with Crippen molar-refractivity contribution in [2.24, 2.45) is 0 Å². The number of hydrogen-bond donors (Lipinski definition) is 0. The molecule has 0 bridgehead atoms. The van der Waals surface area contributed by atoms with Gasteiger partial charge in [-0.3, -0.25) is 0 Å². The Morgan fingerprint density at radius 1 is 0.933 bits per heavy atom. The van der Waals surface area contributed by atoms with E-state index in [2.05, 4.69) is 14.8 Å². The first-order valence-electron chi connectivity index (χ1n) is 10.5. The molecule has 0 unspecified atom stereocenters. The third-order valence-corrected chi connectivity index (χ3v) is 7.75. The number of aromatic nitrogens is 2. The molecule has 30 heavy (non-hydrogen) atoms. The molecule has 0 aliphatic carbocycles. The van der Waals surface area contributed by atoms with Gasteiger partial charge in [0.05, 0.1) is 5.75 Å². The molecule has 0 spiro atoms. The van der Waals surface area contributed by atoms with Crippen molar-refractivity contribution < 1.29 is 8.42 Å². The van der Waals surface area contributed by atoms with E-state index in [9.17, 15) is 8.42 Å². The van der Waals surface area contributed by atoms with Gasteiger partial charge in [-0.1, -0.05) is 23.7 Å². The Labute approximate surface area is 183 Å². The lowest BCUT2D eigenvalue weighted by Gasteiger charge is -2.35. The molecule has 7 nitrogen and oxygen atoms in total. The largest absolute Gasteiger partial charge is 0.356 e. The fourth-order valence-electron chi connectivity index (χ4n) is 4.06. The van der Waals surface area contributed by atoms with Gasteiger partial charge in [-0.05, 0) is 43.9 Å². The number of piperazine rings is 1. The zero-order valence-electron chi connectivity index (χ0n) is 17.3. The van der Waals surface area contributed by atoms with E-state index in [1.807, 2.05) is 13.0 Å². The van der Waals surface area contributed by atoms with E-state index < -0.39 is 10.0 Å². The van der Waals surface area contributed by atoms with Crippen LogP contribution in [-0.2, 0) is 15.8 Å². The van der Waals surface area contributed by atoms with Crippen LogP contribution in [0.4, 0.5) is 11.8 Å². The van der Waals surface area contributed by atoms with Gasteiger partial charge in [0.1, 0.15) is 5.82 Å². The van der Waals surface area contributed by atoms with E-state index in [1.165, 1.54) is 19.3 Å². The van der Waals surface area contributed by atoms with E-state index in [0.29, 0.717) is 42.7 Å². The average Bonchev–Trinajstić information content (AvgIpc) is 2.74. The summed E-state index contributed by atoms with van der Waals surface area (Å²) in [5.41, 5.74) is 1.65. The molecule has 3 heterocycles. The first-order valence-corrected chi connectivity index (χ1v) is 12.5. The number of hydrogen-bond acceptors (Lipinski definition) is 6. The lowest BCUT2D eigenvalue weighted by molar-refractivity contribution is 0.382. The zero-order chi connectivity index (χ0) is 21.1. The lowest BCUT2D eigenvalue weighted by atomic mass is 10.1. The quantitative estimate of drug-likeness (QED) is 0.698. The van der Waals surface area contributed by atoms with Crippen molar-refractivity contribution in [3.63, 3.8) is 0 Å². The predicted octanol–water partition coefficient (Wildman–Crippen LogP) is 3.08. The third-order valence-electron chi connectivity index (χ3n) is 5.66. The first-order chi connectivity index (χ1) is 14.4. The summed E-state index contributed by atoms with van der Waals surface area (Å²) in [5, 5.41) is 0.550. The Morgan fingerprint density at radius 2 is 1.67 bits per heavy atom. The smallest absolute Gasteiger partial charge is 0.227 e. The molecular formula is C21H28ClN5O2S. The number of nitrogens with zero attached hydrogens (tertiary/aromatic N) is 5. The second-order valence-electron chi connectivity index (χ2n) is 7.99. The van der Waals surface area contributed by atoms with Crippen LogP contribution in [-0.4, -0.2) is 62.0 Å². The van der Waals surface area contributed by atoms with Gasteiger partial charge in [-0.25, -0.2) is 13.4 Å². The number of piperidine rings is 1. The van der Waals surface area contributed by atoms with Crippen LogP contribution in [0.3, 0.4) is 0 Å². The van der Waals surface area contributed by atoms with Gasteiger partial charge < -0.3 is 9.80 Å². The van der Waals surface area contributed by atoms with Crippen LogP contribution < -0.4 is 9.80 Å². The highest BCUT2D eigenvalue weighted by molar-refractivity contribution is 7.88. The fourth-order valence-corrected chi connectivity index (χ4v) is 5.77. The van der Waals surface area contributed by atoms with Crippen LogP contribution in [0, 0.1) is 6.92 Å². The maximum absolute atomic E-state index is 12.9. The van der Waals surface area contributed by atoms with Crippen molar-refractivity contribution in [3.8, 4) is 0 Å². The number of rotatable bonds is 5. The predicted molar refractivity (Wildman–Crippen MR) is 121 cm³/mol. The van der Waals surface area contributed by atoms with Gasteiger partial charge >= 0.3 is 0 Å². The maximum Gasteiger partial charge on any atom is 0.227 e. The molecular weight excluding hydrogens is 422 g/mol. The highest BCUT2D eigenvalue weighted by Crippen LogP contribution is 2.23. The Balaban J connectivity index is 1.42. The molecule has 1 aromatic heterocycles. The summed E-state index contributed by atoms with van der Waals surface area (Å²) < 4.78 is 27.3. The van der Waals surface area contributed by atoms with E-state index in [-0.39, 0.29) is 5.75 Å². The van der Waals surface area contributed by atoms with Crippen LogP contribution in [0.2, 0.25) is 5.02 Å². The van der Waals surface area contributed by atoms with Gasteiger partial charge in [0.25, 0.3) is 0 Å². The van der Waals surface area contributed by atoms with E-state index in [4.69, 9.17) is 16.6 Å². The van der Waals surface area contributed by atoms with Crippen LogP contribution in [0.25, 0.3) is 0 Å². The van der Waals surface area contributed by atoms with Crippen molar-refractivity contribution in [1.82, 2.24) is 14.3 Å². The van der Waals surface area contributed by atoms with Crippen LogP contribution >= 0.6 is 11.6 Å². The lowest BCUT2D eigenvalue weighted by Crippen LogP contribution is -2.49. The molecule has 9 heteroatoms. The average molecular weight is 450 g/mol. The molecule has 2 aliphatic heterocycles. The summed E-state index contributed by atoms with van der Waals surface area (Å²) in [6.45, 7) is 6.08. The van der Waals surface area contributed by atoms with Crippen molar-refractivity contribution in [2.45, 2.75) is 31.9 Å². The molecule has 1 aromatic carbocycles. The monoisotopic (exact) mass is 449 g/mol. The van der Waals surface area contributed by atoms with Crippen molar-refractivity contribution in [2.75, 3.05) is 49.1 Å². The molecule has 2 fully saturated rings. The Morgan fingerprint density at radius 3 is 2.37 bits per heavy atom. The highest BCUT2D eigenvalue weighted by Gasteiger charge is 2.28. The van der Waals surface area contributed by atoms with Gasteiger partial charge in [0.2, 0.25) is 16.0 Å². The van der Waals surface area contributed by atoms with Crippen molar-refractivity contribution in [3.05, 3.63) is 46.6 Å². The Hall–Kier alpha value is -1.90. The van der Waals surface area contributed by atoms with Crippen LogP contribution in [0.1, 0.15) is 30.5 Å². The maximum atomic E-state index is 12.9. The Kier molecular flexibility index (Phi) is 6.46. The molecule has 0 atom stereocenters. The molecule has 4 rings (SSSR count). The number of aryl methyl sites for hydroxylation is 1. The fraction of sp³-hybridized carbons (Fsp3) is 0.524. The molecule has 0 saturated carbocycles. The minimum absolute atomic E-state index is 0.0341. The summed E-state index contributed by atoms with van der Waals surface area (Å²) in [6.07, 6.45) is 3.67. The molecule has 2 aliphatic rings. The molecule has 0 radical (unpaired) electrons. The summed E-state index contributed by atoms with van der Waals surface area (Å²) in [7, 11) is -3.39. The third kappa shape index (κ3) is 5.04. The van der Waals surface area contributed by atoms with Crippen LogP contribution in [0.15, 0.2) is 30.3 Å². The highest BCUT2D eigenvalue weighted by atomic mass is 35.5. The molecule has 2 aromatic rings. The van der Waals surface area contributed by atoms with Crippen molar-refractivity contribution >= 4 is 33.4 Å². The van der Waals surface area contributed by atoms with Crippen LogP contribution in [0.5, 0.6) is 0 Å². The van der Waals surface area contributed by atoms with Gasteiger partial charge in [0.15, 0.2) is 0 Å². The van der Waals surface area contributed by atoms with E-state index in [1.54, 1.807) is 28.6 Å². The van der Waals surface area contributed by atoms with Gasteiger partial charge in [0, 0.05) is 56.1 Å². The van der Waals surface area contributed by atoms with Crippen molar-refractivity contribution in [1.29, 1.82) is 0 Å². The molecule has 0 N–H and O–H groups in total. The molecule has 2 saturated heterocycles. The number of anilines is 2. The normalized spacial score (nSPS) is 18.6. The second kappa shape index (κ2) is 9.08. The SMILES string of the molecule is Cc1cc(N2CCCCC2)nc(N2CCN(S(=O)(=O)Cc3cccc(Cl)c3)CC2)n1. The second-order valence-corrected chi connectivity index (χ2v) is 10.4. The molecule has 0 amide bonds. The summed E-state index contributed by atoms with van der Waals surface area (Å²) >= 11 is 6.00. The minimum Gasteiger partial charge on any atom is -0.356 e. The number of sulfonamides is 1. The molecule has 162 valence electrons. The minimum atomic E-state index is -3.39. The summed E-state index contributed by atoms with van der Waals surface area (Å²) in [4.78, 5) is 13.8. The van der Waals surface area contributed by atoms with Gasteiger partial charge in [-0.2, -0.15) is 9.29 Å². The topological polar surface area (TPSA) is 69.6 Å². The Bertz CT molecular complexity index is 987. The number of benzene rings is 1. The summed E-state index contributed by atoms with van der Waals surface area (Å²) in [5.74, 6) is 1.64. The first kappa shape index (κ1) is 21.3. The summed E-state index contributed by atoms with van der Waals surface area (Å²) in [6, 6.07) is 9.07. The zero-order valence-corrected chi connectivity index (χ0v) is 18.9. The van der Waals surface area contributed by atoms with Gasteiger partial charge in [-0.15, -0.1) is 0 Å². The standard InChI is InChI=1S/C21H28ClN5O2S/c1-17-14-20(25-8-3-2-4-9-25)24-21(23-17)26-10-12-27(13-11-26)30(28,29)16-18-6-5-7-19(22)15-18/h5-7,14-15H,2-4,8-13,16H2,1H3. The van der Waals surface area contributed by atoms with E-state index in [0.717, 1.165) is 24.6 Å². The number of halogens is 1.